The van der Waals surface area contributed by atoms with Crippen molar-refractivity contribution in [2.75, 3.05) is 25.1 Å². The van der Waals surface area contributed by atoms with Crippen molar-refractivity contribution in [2.24, 2.45) is 0 Å². The van der Waals surface area contributed by atoms with Crippen molar-refractivity contribution >= 4 is 17.6 Å². The SMILES string of the molecule is O=C(O)Cc1ccc(NC(=O)CCOC2CCOCC2)cc1. The van der Waals surface area contributed by atoms with Gasteiger partial charge >= 0.3 is 5.97 Å². The zero-order valence-electron chi connectivity index (χ0n) is 12.4. The maximum Gasteiger partial charge on any atom is 0.307 e. The van der Waals surface area contributed by atoms with Gasteiger partial charge in [-0.05, 0) is 30.5 Å². The lowest BCUT2D eigenvalue weighted by Gasteiger charge is -2.22. The van der Waals surface area contributed by atoms with Crippen molar-refractivity contribution in [1.82, 2.24) is 0 Å². The Morgan fingerprint density at radius 3 is 2.55 bits per heavy atom. The molecule has 22 heavy (non-hydrogen) atoms. The first-order valence-electron chi connectivity index (χ1n) is 7.43. The highest BCUT2D eigenvalue weighted by Crippen LogP contribution is 2.12. The average Bonchev–Trinajstić information content (AvgIpc) is 2.50. The second-order valence-corrected chi connectivity index (χ2v) is 5.25. The number of carbonyl (C=O) groups excluding carboxylic acids is 1. The number of amides is 1. The van der Waals surface area contributed by atoms with E-state index >= 15 is 0 Å². The van der Waals surface area contributed by atoms with Crippen LogP contribution in [0.3, 0.4) is 0 Å². The molecule has 1 fully saturated rings. The molecule has 0 saturated carbocycles. The van der Waals surface area contributed by atoms with Gasteiger partial charge in [0.2, 0.25) is 5.91 Å². The monoisotopic (exact) mass is 307 g/mol. The van der Waals surface area contributed by atoms with Crippen LogP contribution in [-0.2, 0) is 25.5 Å². The third-order valence-electron chi connectivity index (χ3n) is 3.44. The van der Waals surface area contributed by atoms with Gasteiger partial charge in [-0.2, -0.15) is 0 Å². The van der Waals surface area contributed by atoms with Gasteiger partial charge in [0.15, 0.2) is 0 Å². The first-order chi connectivity index (χ1) is 10.6. The van der Waals surface area contributed by atoms with E-state index < -0.39 is 5.97 Å². The molecule has 1 heterocycles. The Balaban J connectivity index is 1.68. The van der Waals surface area contributed by atoms with E-state index in [-0.39, 0.29) is 18.4 Å². The molecule has 1 aromatic carbocycles. The molecule has 6 heteroatoms. The minimum Gasteiger partial charge on any atom is -0.481 e. The second-order valence-electron chi connectivity index (χ2n) is 5.25. The van der Waals surface area contributed by atoms with Gasteiger partial charge in [0.25, 0.3) is 0 Å². The number of rotatable bonds is 7. The molecule has 0 aromatic heterocycles. The summed E-state index contributed by atoms with van der Waals surface area (Å²) >= 11 is 0. The van der Waals surface area contributed by atoms with E-state index in [9.17, 15) is 9.59 Å². The van der Waals surface area contributed by atoms with Gasteiger partial charge in [0.05, 0.1) is 25.6 Å². The van der Waals surface area contributed by atoms with Crippen LogP contribution in [0.25, 0.3) is 0 Å². The Hall–Kier alpha value is -1.92. The number of benzene rings is 1. The number of hydrogen-bond acceptors (Lipinski definition) is 4. The van der Waals surface area contributed by atoms with Crippen LogP contribution in [0.2, 0.25) is 0 Å². The van der Waals surface area contributed by atoms with E-state index in [0.717, 1.165) is 26.1 Å². The van der Waals surface area contributed by atoms with E-state index in [2.05, 4.69) is 5.32 Å². The van der Waals surface area contributed by atoms with Crippen LogP contribution in [0.1, 0.15) is 24.8 Å². The van der Waals surface area contributed by atoms with Crippen LogP contribution < -0.4 is 5.32 Å². The van der Waals surface area contributed by atoms with Crippen molar-refractivity contribution in [3.8, 4) is 0 Å². The lowest BCUT2D eigenvalue weighted by molar-refractivity contribution is -0.136. The molecule has 2 rings (SSSR count). The molecule has 0 unspecified atom stereocenters. The topological polar surface area (TPSA) is 84.9 Å². The quantitative estimate of drug-likeness (QED) is 0.803. The van der Waals surface area contributed by atoms with Crippen LogP contribution in [0, 0.1) is 0 Å². The Kier molecular flexibility index (Phi) is 6.36. The van der Waals surface area contributed by atoms with Gasteiger partial charge < -0.3 is 19.9 Å². The van der Waals surface area contributed by atoms with Crippen LogP contribution in [0.15, 0.2) is 24.3 Å². The predicted molar refractivity (Wildman–Crippen MR) is 80.8 cm³/mol. The van der Waals surface area contributed by atoms with Crippen LogP contribution in [0.5, 0.6) is 0 Å². The molecular weight excluding hydrogens is 286 g/mol. The Morgan fingerprint density at radius 1 is 1.23 bits per heavy atom. The fraction of sp³-hybridized carbons (Fsp3) is 0.500. The second kappa shape index (κ2) is 8.51. The van der Waals surface area contributed by atoms with E-state index in [1.165, 1.54) is 0 Å². The van der Waals surface area contributed by atoms with E-state index in [4.69, 9.17) is 14.6 Å². The summed E-state index contributed by atoms with van der Waals surface area (Å²) in [7, 11) is 0. The summed E-state index contributed by atoms with van der Waals surface area (Å²) in [5, 5.41) is 11.5. The van der Waals surface area contributed by atoms with Gasteiger partial charge in [-0.25, -0.2) is 0 Å². The minimum atomic E-state index is -0.873. The van der Waals surface area contributed by atoms with Crippen molar-refractivity contribution in [3.63, 3.8) is 0 Å². The minimum absolute atomic E-state index is 0.0207. The van der Waals surface area contributed by atoms with Gasteiger partial charge in [-0.15, -0.1) is 0 Å². The molecule has 0 radical (unpaired) electrons. The Morgan fingerprint density at radius 2 is 1.91 bits per heavy atom. The molecule has 120 valence electrons. The molecule has 1 aromatic rings. The summed E-state index contributed by atoms with van der Waals surface area (Å²) in [6.45, 7) is 1.84. The van der Waals surface area contributed by atoms with Gasteiger partial charge in [0, 0.05) is 18.9 Å². The lowest BCUT2D eigenvalue weighted by atomic mass is 10.1. The van der Waals surface area contributed by atoms with Crippen molar-refractivity contribution in [2.45, 2.75) is 31.8 Å². The lowest BCUT2D eigenvalue weighted by Crippen LogP contribution is -2.25. The van der Waals surface area contributed by atoms with E-state index in [0.29, 0.717) is 24.3 Å². The highest BCUT2D eigenvalue weighted by atomic mass is 16.5. The summed E-state index contributed by atoms with van der Waals surface area (Å²) in [5.41, 5.74) is 1.36. The van der Waals surface area contributed by atoms with Crippen LogP contribution in [-0.4, -0.2) is 42.9 Å². The first kappa shape index (κ1) is 16.5. The highest BCUT2D eigenvalue weighted by Gasteiger charge is 2.14. The maximum atomic E-state index is 11.8. The summed E-state index contributed by atoms with van der Waals surface area (Å²) in [4.78, 5) is 22.4. The highest BCUT2D eigenvalue weighted by molar-refractivity contribution is 5.90. The largest absolute Gasteiger partial charge is 0.481 e. The van der Waals surface area contributed by atoms with Gasteiger partial charge in [0.1, 0.15) is 0 Å². The number of anilines is 1. The molecular formula is C16H21NO5. The maximum absolute atomic E-state index is 11.8. The number of ether oxygens (including phenoxy) is 2. The average molecular weight is 307 g/mol. The fourth-order valence-corrected chi connectivity index (χ4v) is 2.26. The zero-order valence-corrected chi connectivity index (χ0v) is 12.4. The summed E-state index contributed by atoms with van der Waals surface area (Å²) < 4.78 is 10.9. The molecule has 0 atom stereocenters. The zero-order chi connectivity index (χ0) is 15.8. The van der Waals surface area contributed by atoms with Crippen molar-refractivity contribution in [3.05, 3.63) is 29.8 Å². The van der Waals surface area contributed by atoms with Gasteiger partial charge in [-0.3, -0.25) is 9.59 Å². The van der Waals surface area contributed by atoms with Crippen molar-refractivity contribution in [1.29, 1.82) is 0 Å². The summed E-state index contributed by atoms with van der Waals surface area (Å²) in [5.74, 6) is -0.986. The molecule has 0 bridgehead atoms. The third-order valence-corrected chi connectivity index (χ3v) is 3.44. The fourth-order valence-electron chi connectivity index (χ4n) is 2.26. The standard InChI is InChI=1S/C16H21NO5/c18-15(7-10-22-14-5-8-21-9-6-14)17-13-3-1-12(2-4-13)11-16(19)20/h1-4,14H,5-11H2,(H,17,18)(H,19,20). The molecule has 1 amide bonds. The first-order valence-corrected chi connectivity index (χ1v) is 7.43. The molecule has 1 aliphatic rings. The number of aliphatic carboxylic acids is 1. The Labute approximate surface area is 129 Å². The van der Waals surface area contributed by atoms with Crippen LogP contribution in [0.4, 0.5) is 5.69 Å². The molecule has 0 aliphatic carbocycles. The number of nitrogens with one attached hydrogen (secondary N) is 1. The molecule has 0 spiro atoms. The number of carbonyl (C=O) groups is 2. The molecule has 1 saturated heterocycles. The normalized spacial score (nSPS) is 15.5. The summed E-state index contributed by atoms with van der Waals surface area (Å²) in [6.07, 6.45) is 2.23. The Bertz CT molecular complexity index is 494. The van der Waals surface area contributed by atoms with E-state index in [1.807, 2.05) is 0 Å². The number of carboxylic acid groups (broad SMARTS) is 1. The van der Waals surface area contributed by atoms with E-state index in [1.54, 1.807) is 24.3 Å². The third kappa shape index (κ3) is 5.83. The van der Waals surface area contributed by atoms with Gasteiger partial charge in [-0.1, -0.05) is 12.1 Å². The molecule has 2 N–H and O–H groups in total. The smallest absolute Gasteiger partial charge is 0.307 e. The van der Waals surface area contributed by atoms with Crippen LogP contribution >= 0.6 is 0 Å². The predicted octanol–water partition coefficient (Wildman–Crippen LogP) is 1.84. The number of hydrogen-bond donors (Lipinski definition) is 2. The molecule has 6 nitrogen and oxygen atoms in total. The molecule has 1 aliphatic heterocycles. The summed E-state index contributed by atoms with van der Waals surface area (Å²) in [6, 6.07) is 6.80. The van der Waals surface area contributed by atoms with Crippen molar-refractivity contribution < 1.29 is 24.2 Å². The number of carboxylic acids is 1.